The van der Waals surface area contributed by atoms with E-state index in [4.69, 9.17) is 0 Å². The average Bonchev–Trinajstić information content (AvgIpc) is 2.22. The van der Waals surface area contributed by atoms with Gasteiger partial charge in [-0.2, -0.15) is 0 Å². The SMILES string of the molecule is Cc1cnc(C)c(NCC2(CO)CCC2)n1. The molecule has 2 rings (SSSR count). The summed E-state index contributed by atoms with van der Waals surface area (Å²) in [4.78, 5) is 8.67. The fourth-order valence-electron chi connectivity index (χ4n) is 2.04. The van der Waals surface area contributed by atoms with Crippen molar-refractivity contribution in [1.82, 2.24) is 9.97 Å². The Morgan fingerprint density at radius 2 is 2.19 bits per heavy atom. The van der Waals surface area contributed by atoms with Crippen LogP contribution in [0.15, 0.2) is 6.20 Å². The van der Waals surface area contributed by atoms with Crippen LogP contribution in [-0.2, 0) is 0 Å². The second-order valence-corrected chi connectivity index (χ2v) is 4.81. The van der Waals surface area contributed by atoms with Gasteiger partial charge in [-0.05, 0) is 26.7 Å². The van der Waals surface area contributed by atoms with Crippen LogP contribution in [0.2, 0.25) is 0 Å². The molecule has 88 valence electrons. The second-order valence-electron chi connectivity index (χ2n) is 4.81. The third-order valence-corrected chi connectivity index (χ3v) is 3.46. The van der Waals surface area contributed by atoms with Crippen LogP contribution < -0.4 is 5.32 Å². The zero-order chi connectivity index (χ0) is 11.6. The summed E-state index contributed by atoms with van der Waals surface area (Å²) < 4.78 is 0. The lowest BCUT2D eigenvalue weighted by molar-refractivity contribution is 0.0575. The number of rotatable bonds is 4. The van der Waals surface area contributed by atoms with Crippen LogP contribution in [0.3, 0.4) is 0 Å². The smallest absolute Gasteiger partial charge is 0.147 e. The predicted octanol–water partition coefficient (Wildman–Crippen LogP) is 1.67. The molecule has 0 amide bonds. The van der Waals surface area contributed by atoms with Gasteiger partial charge in [-0.1, -0.05) is 6.42 Å². The van der Waals surface area contributed by atoms with E-state index >= 15 is 0 Å². The minimum absolute atomic E-state index is 0.0812. The van der Waals surface area contributed by atoms with Crippen LogP contribution >= 0.6 is 0 Å². The van der Waals surface area contributed by atoms with E-state index in [1.807, 2.05) is 13.8 Å². The van der Waals surface area contributed by atoms with Crippen molar-refractivity contribution in [2.45, 2.75) is 33.1 Å². The first kappa shape index (κ1) is 11.3. The Hall–Kier alpha value is -1.16. The minimum Gasteiger partial charge on any atom is -0.396 e. The van der Waals surface area contributed by atoms with Crippen molar-refractivity contribution in [3.05, 3.63) is 17.6 Å². The van der Waals surface area contributed by atoms with Gasteiger partial charge in [0, 0.05) is 18.2 Å². The van der Waals surface area contributed by atoms with Crippen molar-refractivity contribution in [1.29, 1.82) is 0 Å². The van der Waals surface area contributed by atoms with Crippen LogP contribution in [0.25, 0.3) is 0 Å². The largest absolute Gasteiger partial charge is 0.396 e. The van der Waals surface area contributed by atoms with Crippen LogP contribution in [-0.4, -0.2) is 28.2 Å². The van der Waals surface area contributed by atoms with E-state index in [2.05, 4.69) is 15.3 Å². The van der Waals surface area contributed by atoms with E-state index in [9.17, 15) is 5.11 Å². The normalized spacial score (nSPS) is 17.9. The fraction of sp³-hybridized carbons (Fsp3) is 0.667. The molecule has 1 heterocycles. The van der Waals surface area contributed by atoms with Crippen LogP contribution in [0, 0.1) is 19.3 Å². The molecule has 2 N–H and O–H groups in total. The van der Waals surface area contributed by atoms with Crippen LogP contribution in [0.5, 0.6) is 0 Å². The standard InChI is InChI=1S/C12H19N3O/c1-9-6-13-10(2)11(15-9)14-7-12(8-16)4-3-5-12/h6,16H,3-5,7-8H2,1-2H3,(H,14,15). The van der Waals surface area contributed by atoms with E-state index in [-0.39, 0.29) is 12.0 Å². The van der Waals surface area contributed by atoms with E-state index in [1.165, 1.54) is 6.42 Å². The van der Waals surface area contributed by atoms with Crippen molar-refractivity contribution in [3.63, 3.8) is 0 Å². The Morgan fingerprint density at radius 1 is 1.44 bits per heavy atom. The molecule has 4 heteroatoms. The first-order valence-electron chi connectivity index (χ1n) is 5.80. The maximum atomic E-state index is 9.36. The zero-order valence-corrected chi connectivity index (χ0v) is 9.95. The van der Waals surface area contributed by atoms with Gasteiger partial charge in [0.2, 0.25) is 0 Å². The van der Waals surface area contributed by atoms with Gasteiger partial charge in [-0.25, -0.2) is 4.98 Å². The molecule has 0 saturated heterocycles. The summed E-state index contributed by atoms with van der Waals surface area (Å²) in [5.74, 6) is 0.847. The molecule has 0 spiro atoms. The molecule has 4 nitrogen and oxygen atoms in total. The lowest BCUT2D eigenvalue weighted by Gasteiger charge is -2.40. The summed E-state index contributed by atoms with van der Waals surface area (Å²) in [6, 6.07) is 0. The third-order valence-electron chi connectivity index (χ3n) is 3.46. The number of aliphatic hydroxyl groups excluding tert-OH is 1. The average molecular weight is 221 g/mol. The van der Waals surface area contributed by atoms with Gasteiger partial charge in [0.25, 0.3) is 0 Å². The molecule has 1 fully saturated rings. The minimum atomic E-state index is 0.0812. The summed E-state index contributed by atoms with van der Waals surface area (Å²) in [7, 11) is 0. The zero-order valence-electron chi connectivity index (χ0n) is 9.95. The van der Waals surface area contributed by atoms with Crippen molar-refractivity contribution in [2.24, 2.45) is 5.41 Å². The van der Waals surface area contributed by atoms with E-state index < -0.39 is 0 Å². The lowest BCUT2D eigenvalue weighted by Crippen LogP contribution is -2.40. The van der Waals surface area contributed by atoms with Crippen LogP contribution in [0.1, 0.15) is 30.7 Å². The molecule has 0 radical (unpaired) electrons. The summed E-state index contributed by atoms with van der Waals surface area (Å²) in [5.41, 5.74) is 1.91. The van der Waals surface area contributed by atoms with Gasteiger partial charge in [-0.3, -0.25) is 4.98 Å². The number of nitrogens with zero attached hydrogens (tertiary/aromatic N) is 2. The first-order chi connectivity index (χ1) is 7.65. The Kier molecular flexibility index (Phi) is 3.10. The molecule has 0 atom stereocenters. The number of anilines is 1. The third kappa shape index (κ3) is 2.16. The molecule has 0 bridgehead atoms. The number of aliphatic hydroxyl groups is 1. The predicted molar refractivity (Wildman–Crippen MR) is 63.4 cm³/mol. The van der Waals surface area contributed by atoms with Gasteiger partial charge in [0.15, 0.2) is 0 Å². The van der Waals surface area contributed by atoms with E-state index in [0.29, 0.717) is 0 Å². The maximum Gasteiger partial charge on any atom is 0.147 e. The highest BCUT2D eigenvalue weighted by Crippen LogP contribution is 2.40. The monoisotopic (exact) mass is 221 g/mol. The van der Waals surface area contributed by atoms with Gasteiger partial charge in [-0.15, -0.1) is 0 Å². The van der Waals surface area contributed by atoms with Crippen molar-refractivity contribution < 1.29 is 5.11 Å². The quantitative estimate of drug-likeness (QED) is 0.812. The van der Waals surface area contributed by atoms with E-state index in [0.717, 1.165) is 36.6 Å². The first-order valence-corrected chi connectivity index (χ1v) is 5.80. The molecule has 1 aliphatic rings. The molecule has 0 aromatic carbocycles. The van der Waals surface area contributed by atoms with Crippen molar-refractivity contribution >= 4 is 5.82 Å². The molecule has 0 aliphatic heterocycles. The van der Waals surface area contributed by atoms with Crippen LogP contribution in [0.4, 0.5) is 5.82 Å². The fourth-order valence-corrected chi connectivity index (χ4v) is 2.04. The van der Waals surface area contributed by atoms with Crippen molar-refractivity contribution in [2.75, 3.05) is 18.5 Å². The number of aromatic nitrogens is 2. The highest BCUT2D eigenvalue weighted by atomic mass is 16.3. The molecule has 16 heavy (non-hydrogen) atoms. The van der Waals surface area contributed by atoms with Gasteiger partial charge in [0.05, 0.1) is 18.0 Å². The van der Waals surface area contributed by atoms with Gasteiger partial charge < -0.3 is 10.4 Å². The number of nitrogens with one attached hydrogen (secondary N) is 1. The molecule has 1 aliphatic carbocycles. The number of aryl methyl sites for hydroxylation is 2. The summed E-state index contributed by atoms with van der Waals surface area (Å²) in [5, 5.41) is 12.7. The van der Waals surface area contributed by atoms with E-state index in [1.54, 1.807) is 6.20 Å². The maximum absolute atomic E-state index is 9.36. The summed E-state index contributed by atoms with van der Waals surface area (Å²) in [6.45, 7) is 4.94. The molecule has 1 aromatic heterocycles. The van der Waals surface area contributed by atoms with Gasteiger partial charge >= 0.3 is 0 Å². The molecule has 0 unspecified atom stereocenters. The lowest BCUT2D eigenvalue weighted by atomic mass is 9.69. The highest BCUT2D eigenvalue weighted by molar-refractivity contribution is 5.39. The Morgan fingerprint density at radius 3 is 2.75 bits per heavy atom. The van der Waals surface area contributed by atoms with Crippen molar-refractivity contribution in [3.8, 4) is 0 Å². The Labute approximate surface area is 96.1 Å². The number of hydrogen-bond acceptors (Lipinski definition) is 4. The Balaban J connectivity index is 2.01. The van der Waals surface area contributed by atoms with Gasteiger partial charge in [0.1, 0.15) is 5.82 Å². The molecule has 1 aromatic rings. The summed E-state index contributed by atoms with van der Waals surface area (Å²) in [6.07, 6.45) is 5.20. The number of hydrogen-bond donors (Lipinski definition) is 2. The topological polar surface area (TPSA) is 58.0 Å². The second kappa shape index (κ2) is 4.37. The summed E-state index contributed by atoms with van der Waals surface area (Å²) >= 11 is 0. The molecule has 1 saturated carbocycles. The Bertz CT molecular complexity index is 369. The molecular formula is C12H19N3O. The molecular weight excluding hydrogens is 202 g/mol. The highest BCUT2D eigenvalue weighted by Gasteiger charge is 2.36.